The van der Waals surface area contributed by atoms with Crippen molar-refractivity contribution in [3.63, 3.8) is 0 Å². The SMILES string of the molecule is O=C(NCCSc1c(-c2ccc(F)cc2)[nH]c2ccccc12)c1cc([N+](=O)[O-])ccc1Cl. The van der Waals surface area contributed by atoms with Gasteiger partial charge in [-0.1, -0.05) is 29.8 Å². The van der Waals surface area contributed by atoms with Crippen LogP contribution in [0.4, 0.5) is 10.1 Å². The molecule has 1 amide bonds. The average Bonchev–Trinajstić information content (AvgIpc) is 3.15. The number of nitro groups is 1. The summed E-state index contributed by atoms with van der Waals surface area (Å²) in [7, 11) is 0. The Morgan fingerprint density at radius 1 is 1.12 bits per heavy atom. The Morgan fingerprint density at radius 2 is 1.88 bits per heavy atom. The van der Waals surface area contributed by atoms with Crippen LogP contribution in [0.3, 0.4) is 0 Å². The van der Waals surface area contributed by atoms with E-state index in [0.29, 0.717) is 12.3 Å². The van der Waals surface area contributed by atoms with Crippen LogP contribution in [-0.4, -0.2) is 28.1 Å². The van der Waals surface area contributed by atoms with E-state index in [1.165, 1.54) is 24.3 Å². The first-order valence-electron chi connectivity index (χ1n) is 9.65. The van der Waals surface area contributed by atoms with E-state index in [1.807, 2.05) is 24.3 Å². The molecular formula is C23H17ClFN3O3S. The van der Waals surface area contributed by atoms with Crippen molar-refractivity contribution in [1.82, 2.24) is 10.3 Å². The number of amides is 1. The highest BCUT2D eigenvalue weighted by atomic mass is 35.5. The number of nitrogens with one attached hydrogen (secondary N) is 2. The molecule has 0 saturated heterocycles. The van der Waals surface area contributed by atoms with Crippen molar-refractivity contribution >= 4 is 45.9 Å². The van der Waals surface area contributed by atoms with Crippen LogP contribution in [0.25, 0.3) is 22.2 Å². The van der Waals surface area contributed by atoms with Crippen molar-refractivity contribution in [3.8, 4) is 11.3 Å². The maximum Gasteiger partial charge on any atom is 0.270 e. The number of H-pyrrole nitrogens is 1. The van der Waals surface area contributed by atoms with Gasteiger partial charge in [-0.15, -0.1) is 11.8 Å². The summed E-state index contributed by atoms with van der Waals surface area (Å²) in [5.74, 6) is -0.229. The van der Waals surface area contributed by atoms with Gasteiger partial charge in [0, 0.05) is 40.2 Å². The Balaban J connectivity index is 1.49. The molecule has 1 aromatic heterocycles. The van der Waals surface area contributed by atoms with Crippen LogP contribution in [0.2, 0.25) is 5.02 Å². The van der Waals surface area contributed by atoms with Crippen molar-refractivity contribution in [2.75, 3.05) is 12.3 Å². The molecule has 0 bridgehead atoms. The second-order valence-corrected chi connectivity index (χ2v) is 8.42. The van der Waals surface area contributed by atoms with E-state index in [1.54, 1.807) is 23.9 Å². The molecule has 162 valence electrons. The average molecular weight is 470 g/mol. The van der Waals surface area contributed by atoms with E-state index >= 15 is 0 Å². The molecule has 2 N–H and O–H groups in total. The maximum absolute atomic E-state index is 13.4. The van der Waals surface area contributed by atoms with Crippen LogP contribution >= 0.6 is 23.4 Å². The molecule has 3 aromatic carbocycles. The first kappa shape index (κ1) is 21.9. The third-order valence-corrected chi connectivity index (χ3v) is 6.28. The maximum atomic E-state index is 13.4. The zero-order valence-corrected chi connectivity index (χ0v) is 18.2. The molecule has 0 aliphatic heterocycles. The molecule has 4 aromatic rings. The van der Waals surface area contributed by atoms with Crippen molar-refractivity contribution in [3.05, 3.63) is 93.2 Å². The zero-order valence-electron chi connectivity index (χ0n) is 16.6. The Labute approximate surface area is 191 Å². The predicted molar refractivity (Wildman–Crippen MR) is 125 cm³/mol. The number of rotatable bonds is 7. The lowest BCUT2D eigenvalue weighted by Crippen LogP contribution is -2.26. The number of fused-ring (bicyclic) bond motifs is 1. The highest BCUT2D eigenvalue weighted by molar-refractivity contribution is 7.99. The molecule has 0 aliphatic rings. The molecular weight excluding hydrogens is 453 g/mol. The van der Waals surface area contributed by atoms with Gasteiger partial charge in [-0.25, -0.2) is 4.39 Å². The van der Waals surface area contributed by atoms with Gasteiger partial charge in [0.25, 0.3) is 11.6 Å². The lowest BCUT2D eigenvalue weighted by molar-refractivity contribution is -0.384. The van der Waals surface area contributed by atoms with Gasteiger partial charge < -0.3 is 10.3 Å². The highest BCUT2D eigenvalue weighted by Crippen LogP contribution is 2.37. The van der Waals surface area contributed by atoms with E-state index in [9.17, 15) is 19.3 Å². The van der Waals surface area contributed by atoms with Gasteiger partial charge in [-0.05, 0) is 42.0 Å². The van der Waals surface area contributed by atoms with Crippen molar-refractivity contribution in [2.45, 2.75) is 4.90 Å². The van der Waals surface area contributed by atoms with Gasteiger partial charge in [0.15, 0.2) is 0 Å². The number of para-hydroxylation sites is 1. The number of benzene rings is 3. The summed E-state index contributed by atoms with van der Waals surface area (Å²) in [5.41, 5.74) is 2.56. The molecule has 6 nitrogen and oxygen atoms in total. The smallest absolute Gasteiger partial charge is 0.270 e. The summed E-state index contributed by atoms with van der Waals surface area (Å²) < 4.78 is 13.4. The molecule has 4 rings (SSSR count). The molecule has 0 fully saturated rings. The lowest BCUT2D eigenvalue weighted by Gasteiger charge is -2.08. The first-order chi connectivity index (χ1) is 15.4. The molecule has 1 heterocycles. The number of thioether (sulfide) groups is 1. The normalized spacial score (nSPS) is 10.9. The van der Waals surface area contributed by atoms with Crippen molar-refractivity contribution in [1.29, 1.82) is 0 Å². The molecule has 0 radical (unpaired) electrons. The van der Waals surface area contributed by atoms with Gasteiger partial charge in [0.05, 0.1) is 21.2 Å². The fourth-order valence-electron chi connectivity index (χ4n) is 3.30. The molecule has 0 spiro atoms. The number of non-ortho nitro benzene ring substituents is 1. The van der Waals surface area contributed by atoms with Crippen LogP contribution in [-0.2, 0) is 0 Å². The van der Waals surface area contributed by atoms with Crippen molar-refractivity contribution < 1.29 is 14.1 Å². The third kappa shape index (κ3) is 4.61. The number of halogens is 2. The third-order valence-electron chi connectivity index (χ3n) is 4.83. The summed E-state index contributed by atoms with van der Waals surface area (Å²) in [6.07, 6.45) is 0. The second kappa shape index (κ2) is 9.42. The van der Waals surface area contributed by atoms with Gasteiger partial charge in [-0.2, -0.15) is 0 Å². The second-order valence-electron chi connectivity index (χ2n) is 6.91. The van der Waals surface area contributed by atoms with E-state index in [-0.39, 0.29) is 22.1 Å². The quantitative estimate of drug-likeness (QED) is 0.149. The summed E-state index contributed by atoms with van der Waals surface area (Å²) in [4.78, 5) is 27.2. The fourth-order valence-corrected chi connectivity index (χ4v) is 4.56. The Bertz CT molecular complexity index is 1310. The van der Waals surface area contributed by atoms with E-state index in [0.717, 1.165) is 33.1 Å². The van der Waals surface area contributed by atoms with Crippen LogP contribution in [0.5, 0.6) is 0 Å². The largest absolute Gasteiger partial charge is 0.354 e. The minimum Gasteiger partial charge on any atom is -0.354 e. The van der Waals surface area contributed by atoms with Crippen LogP contribution in [0.1, 0.15) is 10.4 Å². The highest BCUT2D eigenvalue weighted by Gasteiger charge is 2.17. The van der Waals surface area contributed by atoms with Gasteiger partial charge >= 0.3 is 0 Å². The summed E-state index contributed by atoms with van der Waals surface area (Å²) in [6, 6.07) is 17.9. The van der Waals surface area contributed by atoms with Crippen LogP contribution < -0.4 is 5.32 Å². The zero-order chi connectivity index (χ0) is 22.7. The monoisotopic (exact) mass is 469 g/mol. The topological polar surface area (TPSA) is 88.0 Å². The number of nitro benzene ring substituents is 1. The number of hydrogen-bond donors (Lipinski definition) is 2. The number of carbonyl (C=O) groups excluding carboxylic acids is 1. The van der Waals surface area contributed by atoms with E-state index < -0.39 is 10.8 Å². The molecule has 9 heteroatoms. The van der Waals surface area contributed by atoms with Gasteiger partial charge in [0.1, 0.15) is 5.82 Å². The minimum absolute atomic E-state index is 0.0602. The number of hydrogen-bond acceptors (Lipinski definition) is 4. The number of aromatic amines is 1. The standard InChI is InChI=1S/C23H17ClFN3O3S/c24-19-10-9-16(28(30)31)13-18(19)23(29)26-11-12-32-22-17-3-1-2-4-20(17)27-21(22)14-5-7-15(25)8-6-14/h1-10,13,27H,11-12H2,(H,26,29). The number of aromatic nitrogens is 1. The molecule has 0 unspecified atom stereocenters. The van der Waals surface area contributed by atoms with Gasteiger partial charge in [0.2, 0.25) is 0 Å². The molecule has 0 atom stereocenters. The van der Waals surface area contributed by atoms with Gasteiger partial charge in [-0.3, -0.25) is 14.9 Å². The van der Waals surface area contributed by atoms with E-state index in [2.05, 4.69) is 10.3 Å². The fraction of sp³-hybridized carbons (Fsp3) is 0.0870. The first-order valence-corrected chi connectivity index (χ1v) is 11.0. The lowest BCUT2D eigenvalue weighted by atomic mass is 10.1. The number of nitrogens with zero attached hydrogens (tertiary/aromatic N) is 1. The summed E-state index contributed by atoms with van der Waals surface area (Å²) >= 11 is 7.59. The molecule has 0 saturated carbocycles. The molecule has 0 aliphatic carbocycles. The summed E-state index contributed by atoms with van der Waals surface area (Å²) in [5, 5.41) is 14.9. The van der Waals surface area contributed by atoms with Crippen LogP contribution in [0.15, 0.2) is 71.6 Å². The Kier molecular flexibility index (Phi) is 6.43. The van der Waals surface area contributed by atoms with E-state index in [4.69, 9.17) is 11.6 Å². The predicted octanol–water partition coefficient (Wildman–Crippen LogP) is 6.06. The summed E-state index contributed by atoms with van der Waals surface area (Å²) in [6.45, 7) is 0.324. The molecule has 32 heavy (non-hydrogen) atoms. The Hall–Kier alpha value is -3.36. The minimum atomic E-state index is -0.572. The van der Waals surface area contributed by atoms with Crippen molar-refractivity contribution in [2.24, 2.45) is 0 Å². The number of carbonyl (C=O) groups is 1. The van der Waals surface area contributed by atoms with Crippen LogP contribution in [0, 0.1) is 15.9 Å². The Morgan fingerprint density at radius 3 is 2.62 bits per heavy atom.